The highest BCUT2D eigenvalue weighted by Gasteiger charge is 2.29. The van der Waals surface area contributed by atoms with Crippen molar-refractivity contribution in [3.05, 3.63) is 0 Å². The van der Waals surface area contributed by atoms with Crippen molar-refractivity contribution in [2.75, 3.05) is 19.6 Å². The number of nitrogens with zero attached hydrogens (tertiary/aromatic N) is 3. The van der Waals surface area contributed by atoms with Crippen molar-refractivity contribution in [2.45, 2.75) is 25.9 Å². The minimum absolute atomic E-state index is 0.487. The highest BCUT2D eigenvalue weighted by Crippen LogP contribution is 2.11. The number of fused-ring (bicyclic) bond motifs is 1. The third-order valence-electron chi connectivity index (χ3n) is 2.61. The summed E-state index contributed by atoms with van der Waals surface area (Å²) in [7, 11) is 0. The maximum Gasteiger partial charge on any atom is 0.0804 e. The second-order valence-electron chi connectivity index (χ2n) is 3.73. The predicted octanol–water partition coefficient (Wildman–Crippen LogP) is -0.115. The van der Waals surface area contributed by atoms with Crippen LogP contribution in [0.2, 0.25) is 0 Å². The van der Waals surface area contributed by atoms with Crippen LogP contribution in [0.25, 0.3) is 0 Å². The molecular formula is C8H16N4. The molecule has 12 heavy (non-hydrogen) atoms. The van der Waals surface area contributed by atoms with Gasteiger partial charge in [-0.1, -0.05) is 0 Å². The van der Waals surface area contributed by atoms with Gasteiger partial charge in [-0.05, 0) is 13.8 Å². The number of rotatable bonds is 1. The number of hydrazone groups is 1. The lowest BCUT2D eigenvalue weighted by atomic mass is 10.2. The lowest BCUT2D eigenvalue weighted by Crippen LogP contribution is -2.55. The molecule has 0 radical (unpaired) electrons. The van der Waals surface area contributed by atoms with Crippen molar-refractivity contribution in [3.63, 3.8) is 0 Å². The Balaban J connectivity index is 1.96. The van der Waals surface area contributed by atoms with E-state index < -0.39 is 0 Å². The van der Waals surface area contributed by atoms with Gasteiger partial charge in [-0.3, -0.25) is 4.90 Å². The number of hydrogen-bond acceptors (Lipinski definition) is 4. The zero-order chi connectivity index (χ0) is 8.55. The average Bonchev–Trinajstić information content (AvgIpc) is 2.49. The molecule has 1 atom stereocenters. The number of hydrogen-bond donors (Lipinski definition) is 1. The van der Waals surface area contributed by atoms with E-state index in [1.807, 2.05) is 6.21 Å². The molecule has 1 saturated heterocycles. The van der Waals surface area contributed by atoms with E-state index in [0.717, 1.165) is 19.6 Å². The van der Waals surface area contributed by atoms with Crippen LogP contribution in [0.15, 0.2) is 5.10 Å². The maximum atomic E-state index is 4.05. The molecule has 0 spiro atoms. The van der Waals surface area contributed by atoms with Crippen LogP contribution in [0.4, 0.5) is 0 Å². The Labute approximate surface area is 73.2 Å². The van der Waals surface area contributed by atoms with E-state index in [0.29, 0.717) is 12.1 Å². The lowest BCUT2D eigenvalue weighted by Gasteiger charge is -2.37. The Bertz CT molecular complexity index is 189. The van der Waals surface area contributed by atoms with Gasteiger partial charge in [0, 0.05) is 31.9 Å². The summed E-state index contributed by atoms with van der Waals surface area (Å²) >= 11 is 0. The first-order valence-electron chi connectivity index (χ1n) is 4.57. The van der Waals surface area contributed by atoms with Gasteiger partial charge in [0.15, 0.2) is 0 Å². The fraction of sp³-hybridized carbons (Fsp3) is 0.875. The molecule has 1 unspecified atom stereocenters. The first-order chi connectivity index (χ1) is 5.77. The van der Waals surface area contributed by atoms with Crippen LogP contribution in [-0.4, -0.2) is 47.8 Å². The number of hydrazine groups is 1. The van der Waals surface area contributed by atoms with E-state index in [9.17, 15) is 0 Å². The van der Waals surface area contributed by atoms with E-state index in [1.165, 1.54) is 0 Å². The van der Waals surface area contributed by atoms with Gasteiger partial charge in [-0.2, -0.15) is 10.1 Å². The highest BCUT2D eigenvalue weighted by molar-refractivity contribution is 5.66. The van der Waals surface area contributed by atoms with Crippen LogP contribution in [0.1, 0.15) is 13.8 Å². The quantitative estimate of drug-likeness (QED) is 0.592. The van der Waals surface area contributed by atoms with E-state index in [4.69, 9.17) is 0 Å². The van der Waals surface area contributed by atoms with Crippen LogP contribution >= 0.6 is 0 Å². The molecule has 0 bridgehead atoms. The number of nitrogens with one attached hydrogen (secondary N) is 1. The predicted molar refractivity (Wildman–Crippen MR) is 48.8 cm³/mol. The fourth-order valence-corrected chi connectivity index (χ4v) is 1.75. The molecular weight excluding hydrogens is 152 g/mol. The molecule has 0 aromatic rings. The third-order valence-corrected chi connectivity index (χ3v) is 2.61. The van der Waals surface area contributed by atoms with Crippen molar-refractivity contribution in [2.24, 2.45) is 5.10 Å². The van der Waals surface area contributed by atoms with Crippen molar-refractivity contribution in [1.82, 2.24) is 15.4 Å². The molecule has 0 amide bonds. The Morgan fingerprint density at radius 1 is 1.50 bits per heavy atom. The largest absolute Gasteiger partial charge is 0.298 e. The Hall–Kier alpha value is -0.610. The van der Waals surface area contributed by atoms with Gasteiger partial charge >= 0.3 is 0 Å². The van der Waals surface area contributed by atoms with Gasteiger partial charge in [0.1, 0.15) is 0 Å². The zero-order valence-electron chi connectivity index (χ0n) is 7.70. The molecule has 4 nitrogen and oxygen atoms in total. The molecule has 2 aliphatic heterocycles. The zero-order valence-corrected chi connectivity index (χ0v) is 7.70. The van der Waals surface area contributed by atoms with Gasteiger partial charge in [-0.25, -0.2) is 5.53 Å². The molecule has 2 heterocycles. The van der Waals surface area contributed by atoms with E-state index in [-0.39, 0.29) is 0 Å². The first kappa shape index (κ1) is 8.01. The minimum Gasteiger partial charge on any atom is -0.298 e. The SMILES string of the molecule is CC(C)N1CCN2NN=CC2C1. The average molecular weight is 168 g/mol. The summed E-state index contributed by atoms with van der Waals surface area (Å²) in [6.07, 6.45) is 1.99. The third kappa shape index (κ3) is 1.32. The lowest BCUT2D eigenvalue weighted by molar-refractivity contribution is 0.0639. The van der Waals surface area contributed by atoms with Crippen molar-refractivity contribution < 1.29 is 0 Å². The van der Waals surface area contributed by atoms with E-state index >= 15 is 0 Å². The van der Waals surface area contributed by atoms with Crippen LogP contribution in [-0.2, 0) is 0 Å². The van der Waals surface area contributed by atoms with Crippen molar-refractivity contribution in [3.8, 4) is 0 Å². The van der Waals surface area contributed by atoms with Crippen LogP contribution in [0.3, 0.4) is 0 Å². The van der Waals surface area contributed by atoms with E-state index in [1.54, 1.807) is 0 Å². The summed E-state index contributed by atoms with van der Waals surface area (Å²) in [4.78, 5) is 2.49. The summed E-state index contributed by atoms with van der Waals surface area (Å²) in [6, 6.07) is 1.14. The molecule has 0 aromatic carbocycles. The molecule has 2 aliphatic rings. The standard InChI is InChI=1S/C8H16N4/c1-7(2)11-3-4-12-8(6-11)5-9-10-12/h5,7-8,10H,3-4,6H2,1-2H3. The Morgan fingerprint density at radius 3 is 3.08 bits per heavy atom. The Morgan fingerprint density at radius 2 is 2.33 bits per heavy atom. The number of piperazine rings is 1. The van der Waals surface area contributed by atoms with Gasteiger partial charge in [0.2, 0.25) is 0 Å². The molecule has 68 valence electrons. The molecule has 0 saturated carbocycles. The normalized spacial score (nSPS) is 30.8. The van der Waals surface area contributed by atoms with Gasteiger partial charge in [0.05, 0.1) is 6.04 Å². The molecule has 4 heteroatoms. The smallest absolute Gasteiger partial charge is 0.0804 e. The monoisotopic (exact) mass is 168 g/mol. The molecule has 1 fully saturated rings. The summed E-state index contributed by atoms with van der Waals surface area (Å²) < 4.78 is 0. The van der Waals surface area contributed by atoms with Gasteiger partial charge in [0.25, 0.3) is 0 Å². The minimum atomic E-state index is 0.487. The van der Waals surface area contributed by atoms with Crippen LogP contribution in [0.5, 0.6) is 0 Å². The molecule has 1 N–H and O–H groups in total. The Kier molecular flexibility index (Phi) is 2.02. The van der Waals surface area contributed by atoms with Crippen LogP contribution in [0, 0.1) is 0 Å². The van der Waals surface area contributed by atoms with Crippen LogP contribution < -0.4 is 5.53 Å². The maximum absolute atomic E-state index is 4.05. The first-order valence-corrected chi connectivity index (χ1v) is 4.57. The second kappa shape index (κ2) is 3.03. The van der Waals surface area contributed by atoms with Gasteiger partial charge in [-0.15, -0.1) is 0 Å². The highest BCUT2D eigenvalue weighted by atomic mass is 15.7. The topological polar surface area (TPSA) is 30.9 Å². The van der Waals surface area contributed by atoms with Crippen molar-refractivity contribution in [1.29, 1.82) is 0 Å². The summed E-state index contributed by atoms with van der Waals surface area (Å²) in [5.41, 5.74) is 2.99. The summed E-state index contributed by atoms with van der Waals surface area (Å²) in [6.45, 7) is 7.81. The van der Waals surface area contributed by atoms with Gasteiger partial charge < -0.3 is 0 Å². The summed E-state index contributed by atoms with van der Waals surface area (Å²) in [5.74, 6) is 0. The molecule has 0 aliphatic carbocycles. The second-order valence-corrected chi connectivity index (χ2v) is 3.73. The van der Waals surface area contributed by atoms with E-state index in [2.05, 4.69) is 34.4 Å². The summed E-state index contributed by atoms with van der Waals surface area (Å²) in [5, 5.41) is 6.24. The van der Waals surface area contributed by atoms with Crippen molar-refractivity contribution >= 4 is 6.21 Å². The molecule has 0 aromatic heterocycles. The molecule has 2 rings (SSSR count). The fourth-order valence-electron chi connectivity index (χ4n) is 1.75.